The molecule has 0 amide bonds. The highest BCUT2D eigenvalue weighted by atomic mass is 19.4. The van der Waals surface area contributed by atoms with Crippen LogP contribution in [-0.4, -0.2) is 24.9 Å². The first kappa shape index (κ1) is 14.0. The van der Waals surface area contributed by atoms with Crippen LogP contribution >= 0.6 is 0 Å². The van der Waals surface area contributed by atoms with Gasteiger partial charge in [-0.1, -0.05) is 0 Å². The van der Waals surface area contributed by atoms with Gasteiger partial charge in [-0.25, -0.2) is 0 Å². The molecule has 1 saturated carbocycles. The molecule has 0 heterocycles. The van der Waals surface area contributed by atoms with E-state index in [1.165, 1.54) is 20.3 Å². The van der Waals surface area contributed by atoms with Crippen molar-refractivity contribution in [3.05, 3.63) is 23.3 Å². The third kappa shape index (κ3) is 2.78. The van der Waals surface area contributed by atoms with E-state index in [-0.39, 0.29) is 23.5 Å². The predicted molar refractivity (Wildman–Crippen MR) is 62.4 cm³/mol. The Morgan fingerprint density at radius 2 is 1.84 bits per heavy atom. The van der Waals surface area contributed by atoms with Crippen LogP contribution in [0, 0.1) is 0 Å². The summed E-state index contributed by atoms with van der Waals surface area (Å²) in [5, 5.41) is 9.89. The molecule has 0 unspecified atom stereocenters. The van der Waals surface area contributed by atoms with Gasteiger partial charge in [-0.15, -0.1) is 0 Å². The van der Waals surface area contributed by atoms with Crippen LogP contribution in [0.25, 0.3) is 0 Å². The molecule has 19 heavy (non-hydrogen) atoms. The molecule has 0 atom stereocenters. The summed E-state index contributed by atoms with van der Waals surface area (Å²) in [5.41, 5.74) is -1.88. The fourth-order valence-corrected chi connectivity index (χ4v) is 2.08. The van der Waals surface area contributed by atoms with Crippen molar-refractivity contribution in [2.45, 2.75) is 31.0 Å². The highest BCUT2D eigenvalue weighted by Crippen LogP contribution is 2.46. The molecule has 6 heteroatoms. The zero-order valence-electron chi connectivity index (χ0n) is 10.7. The molecule has 1 N–H and O–H groups in total. The maximum atomic E-state index is 13.0. The predicted octanol–water partition coefficient (Wildman–Crippen LogP) is 2.79. The molecule has 0 aliphatic heterocycles. The number of hydrogen-bond acceptors (Lipinski definition) is 3. The van der Waals surface area contributed by atoms with E-state index in [1.54, 1.807) is 0 Å². The van der Waals surface area contributed by atoms with E-state index in [1.807, 2.05) is 0 Å². The molecule has 1 fully saturated rings. The number of ether oxygens (including phenoxy) is 2. The molecule has 0 bridgehead atoms. The Labute approximate surface area is 108 Å². The number of rotatable bonds is 4. The molecule has 106 valence electrons. The Morgan fingerprint density at radius 1 is 1.21 bits per heavy atom. The minimum Gasteiger partial charge on any atom is -0.493 e. The first-order valence-corrected chi connectivity index (χ1v) is 5.84. The largest absolute Gasteiger partial charge is 0.493 e. The van der Waals surface area contributed by atoms with Crippen molar-refractivity contribution in [1.82, 2.24) is 0 Å². The van der Waals surface area contributed by atoms with Crippen LogP contribution in [0.3, 0.4) is 0 Å². The van der Waals surface area contributed by atoms with Crippen molar-refractivity contribution in [3.8, 4) is 11.5 Å². The molecule has 1 aromatic rings. The van der Waals surface area contributed by atoms with Crippen LogP contribution in [0.4, 0.5) is 13.2 Å². The lowest BCUT2D eigenvalue weighted by Gasteiger charge is -2.20. The number of alkyl halides is 3. The fraction of sp³-hybridized carbons (Fsp3) is 0.538. The third-order valence-corrected chi connectivity index (χ3v) is 3.29. The molecule has 2 rings (SSSR count). The van der Waals surface area contributed by atoms with Gasteiger partial charge < -0.3 is 14.6 Å². The molecule has 1 aliphatic carbocycles. The SMILES string of the molecule is COc1ccc(C(F)(F)F)c(CC2(O)CC2)c1OC. The van der Waals surface area contributed by atoms with Crippen molar-refractivity contribution in [1.29, 1.82) is 0 Å². The van der Waals surface area contributed by atoms with E-state index in [9.17, 15) is 18.3 Å². The molecule has 0 radical (unpaired) electrons. The lowest BCUT2D eigenvalue weighted by Crippen LogP contribution is -2.18. The Kier molecular flexibility index (Phi) is 3.38. The van der Waals surface area contributed by atoms with Crippen LogP contribution in [-0.2, 0) is 12.6 Å². The molecule has 1 aliphatic rings. The minimum atomic E-state index is -4.49. The van der Waals surface area contributed by atoms with Crippen LogP contribution in [0.5, 0.6) is 11.5 Å². The Hall–Kier alpha value is -1.43. The number of halogens is 3. The van der Waals surface area contributed by atoms with Gasteiger partial charge in [0.25, 0.3) is 0 Å². The van der Waals surface area contributed by atoms with E-state index >= 15 is 0 Å². The molecule has 3 nitrogen and oxygen atoms in total. The number of methoxy groups -OCH3 is 2. The average Bonchev–Trinajstić information content (AvgIpc) is 3.04. The third-order valence-electron chi connectivity index (χ3n) is 3.29. The number of hydrogen-bond donors (Lipinski definition) is 1. The second-order valence-corrected chi connectivity index (χ2v) is 4.73. The van der Waals surface area contributed by atoms with Gasteiger partial charge in [0.15, 0.2) is 11.5 Å². The molecular formula is C13H15F3O3. The second kappa shape index (κ2) is 4.59. The number of aliphatic hydroxyl groups is 1. The van der Waals surface area contributed by atoms with E-state index in [0.29, 0.717) is 12.8 Å². The van der Waals surface area contributed by atoms with E-state index in [4.69, 9.17) is 9.47 Å². The van der Waals surface area contributed by atoms with Crippen molar-refractivity contribution in [3.63, 3.8) is 0 Å². The van der Waals surface area contributed by atoms with Gasteiger partial charge >= 0.3 is 6.18 Å². The summed E-state index contributed by atoms with van der Waals surface area (Å²) < 4.78 is 49.1. The summed E-state index contributed by atoms with van der Waals surface area (Å²) in [6.45, 7) is 0. The van der Waals surface area contributed by atoms with Gasteiger partial charge in [-0.3, -0.25) is 0 Å². The molecule has 0 saturated heterocycles. The average molecular weight is 276 g/mol. The van der Waals surface area contributed by atoms with Crippen molar-refractivity contribution >= 4 is 0 Å². The smallest absolute Gasteiger partial charge is 0.416 e. The molecular weight excluding hydrogens is 261 g/mol. The number of benzene rings is 1. The highest BCUT2D eigenvalue weighted by molar-refractivity contribution is 5.52. The topological polar surface area (TPSA) is 38.7 Å². The van der Waals surface area contributed by atoms with Gasteiger partial charge in [-0.05, 0) is 25.0 Å². The highest BCUT2D eigenvalue weighted by Gasteiger charge is 2.44. The summed E-state index contributed by atoms with van der Waals surface area (Å²) in [6, 6.07) is 2.19. The lowest BCUT2D eigenvalue weighted by molar-refractivity contribution is -0.138. The molecule has 1 aromatic carbocycles. The summed E-state index contributed by atoms with van der Waals surface area (Å²) in [6.07, 6.45) is -3.56. The van der Waals surface area contributed by atoms with Gasteiger partial charge in [-0.2, -0.15) is 13.2 Å². The molecule has 0 aromatic heterocycles. The summed E-state index contributed by atoms with van der Waals surface area (Å²) in [5.74, 6) is 0.271. The van der Waals surface area contributed by atoms with Gasteiger partial charge in [0.05, 0.1) is 25.4 Å². The Morgan fingerprint density at radius 3 is 2.26 bits per heavy atom. The van der Waals surface area contributed by atoms with Crippen molar-refractivity contribution < 1.29 is 27.8 Å². The summed E-state index contributed by atoms with van der Waals surface area (Å²) in [7, 11) is 2.65. The van der Waals surface area contributed by atoms with Crippen LogP contribution in [0.15, 0.2) is 12.1 Å². The first-order chi connectivity index (χ1) is 8.80. The monoisotopic (exact) mass is 276 g/mol. The Bertz CT molecular complexity index is 479. The van der Waals surface area contributed by atoms with E-state index in [0.717, 1.165) is 6.07 Å². The van der Waals surface area contributed by atoms with Crippen LogP contribution in [0.1, 0.15) is 24.0 Å². The van der Waals surface area contributed by atoms with Crippen molar-refractivity contribution in [2.75, 3.05) is 14.2 Å². The normalized spacial score (nSPS) is 17.2. The Balaban J connectivity index is 2.54. The minimum absolute atomic E-state index is 0.0395. The van der Waals surface area contributed by atoms with Crippen molar-refractivity contribution in [2.24, 2.45) is 0 Å². The summed E-state index contributed by atoms with van der Waals surface area (Å²) >= 11 is 0. The van der Waals surface area contributed by atoms with E-state index in [2.05, 4.69) is 0 Å². The fourth-order valence-electron chi connectivity index (χ4n) is 2.08. The van der Waals surface area contributed by atoms with Crippen LogP contribution in [0.2, 0.25) is 0 Å². The first-order valence-electron chi connectivity index (χ1n) is 5.84. The van der Waals surface area contributed by atoms with Gasteiger partial charge in [0, 0.05) is 12.0 Å². The summed E-state index contributed by atoms with van der Waals surface area (Å²) in [4.78, 5) is 0. The standard InChI is InChI=1S/C13H15F3O3/c1-18-10-4-3-9(13(14,15)16)8(11(10)19-2)7-12(17)5-6-12/h3-4,17H,5-7H2,1-2H3. The lowest BCUT2D eigenvalue weighted by atomic mass is 9.98. The molecule has 0 spiro atoms. The zero-order chi connectivity index (χ0) is 14.3. The second-order valence-electron chi connectivity index (χ2n) is 4.73. The van der Waals surface area contributed by atoms with Gasteiger partial charge in [0.2, 0.25) is 0 Å². The zero-order valence-corrected chi connectivity index (χ0v) is 10.7. The van der Waals surface area contributed by atoms with Gasteiger partial charge in [0.1, 0.15) is 0 Å². The maximum absolute atomic E-state index is 13.0. The van der Waals surface area contributed by atoms with Crippen LogP contribution < -0.4 is 9.47 Å². The quantitative estimate of drug-likeness (QED) is 0.919. The maximum Gasteiger partial charge on any atom is 0.416 e. The van der Waals surface area contributed by atoms with E-state index < -0.39 is 17.3 Å².